The highest BCUT2D eigenvalue weighted by Gasteiger charge is 2.36. The molecule has 0 aromatic carbocycles. The smallest absolute Gasteiger partial charge is 0.316 e. The Morgan fingerprint density at radius 1 is 1.05 bits per heavy atom. The fourth-order valence-electron chi connectivity index (χ4n) is 2.98. The molecular formula is C17H31NO3. The standard InChI is InChI=1S/C17H31NO3/c1-2-3-4-5-6-7-8-9-10-11-13-18-14-12-15(16(18)19)17(20)21/h15H,2-14H2,1H3,(H,20,21). The summed E-state index contributed by atoms with van der Waals surface area (Å²) in [5.41, 5.74) is 0. The molecular weight excluding hydrogens is 266 g/mol. The lowest BCUT2D eigenvalue weighted by molar-refractivity contribution is -0.147. The molecule has 0 saturated carbocycles. The molecule has 1 unspecified atom stereocenters. The summed E-state index contributed by atoms with van der Waals surface area (Å²) >= 11 is 0. The molecule has 1 amide bonds. The molecule has 0 radical (unpaired) electrons. The molecule has 0 aliphatic carbocycles. The number of carboxylic acids is 1. The van der Waals surface area contributed by atoms with E-state index in [1.54, 1.807) is 4.90 Å². The summed E-state index contributed by atoms with van der Waals surface area (Å²) in [6, 6.07) is 0. The molecule has 1 aliphatic rings. The number of carbonyl (C=O) groups excluding carboxylic acids is 1. The van der Waals surface area contributed by atoms with E-state index < -0.39 is 11.9 Å². The summed E-state index contributed by atoms with van der Waals surface area (Å²) < 4.78 is 0. The quantitative estimate of drug-likeness (QED) is 0.440. The Hall–Kier alpha value is -1.06. The van der Waals surface area contributed by atoms with Crippen LogP contribution in [0.5, 0.6) is 0 Å². The van der Waals surface area contributed by atoms with Gasteiger partial charge in [-0.15, -0.1) is 0 Å². The highest BCUT2D eigenvalue weighted by atomic mass is 16.4. The Labute approximate surface area is 128 Å². The lowest BCUT2D eigenvalue weighted by Gasteiger charge is -2.15. The zero-order chi connectivity index (χ0) is 15.5. The van der Waals surface area contributed by atoms with Crippen molar-refractivity contribution < 1.29 is 14.7 Å². The van der Waals surface area contributed by atoms with Crippen LogP contribution in [0.15, 0.2) is 0 Å². The molecule has 1 fully saturated rings. The zero-order valence-electron chi connectivity index (χ0n) is 13.5. The van der Waals surface area contributed by atoms with Crippen LogP contribution in [-0.4, -0.2) is 35.0 Å². The Morgan fingerprint density at radius 2 is 1.57 bits per heavy atom. The van der Waals surface area contributed by atoms with Crippen molar-refractivity contribution in [3.05, 3.63) is 0 Å². The number of carboxylic acid groups (broad SMARTS) is 1. The van der Waals surface area contributed by atoms with Crippen LogP contribution in [0.3, 0.4) is 0 Å². The fourth-order valence-corrected chi connectivity index (χ4v) is 2.98. The van der Waals surface area contributed by atoms with Crippen molar-refractivity contribution in [3.63, 3.8) is 0 Å². The third-order valence-electron chi connectivity index (χ3n) is 4.38. The lowest BCUT2D eigenvalue weighted by atomic mass is 10.1. The number of amides is 1. The maximum Gasteiger partial charge on any atom is 0.316 e. The molecule has 1 rings (SSSR count). The fraction of sp³-hybridized carbons (Fsp3) is 0.882. The van der Waals surface area contributed by atoms with Crippen molar-refractivity contribution in [1.82, 2.24) is 4.90 Å². The average molecular weight is 297 g/mol. The minimum atomic E-state index is -0.967. The third kappa shape index (κ3) is 6.96. The summed E-state index contributed by atoms with van der Waals surface area (Å²) in [6.07, 6.45) is 13.2. The molecule has 0 aromatic rings. The van der Waals surface area contributed by atoms with Gasteiger partial charge in [0.2, 0.25) is 5.91 Å². The van der Waals surface area contributed by atoms with Gasteiger partial charge in [0.25, 0.3) is 0 Å². The van der Waals surface area contributed by atoms with E-state index in [9.17, 15) is 9.59 Å². The molecule has 0 bridgehead atoms. The molecule has 21 heavy (non-hydrogen) atoms. The number of hydrogen-bond donors (Lipinski definition) is 1. The molecule has 4 nitrogen and oxygen atoms in total. The van der Waals surface area contributed by atoms with Crippen LogP contribution in [0.2, 0.25) is 0 Å². The van der Waals surface area contributed by atoms with Crippen LogP contribution < -0.4 is 0 Å². The van der Waals surface area contributed by atoms with Gasteiger partial charge in [0, 0.05) is 13.1 Å². The van der Waals surface area contributed by atoms with Crippen molar-refractivity contribution in [2.75, 3.05) is 13.1 Å². The normalized spacial score (nSPS) is 18.4. The van der Waals surface area contributed by atoms with Gasteiger partial charge in [-0.2, -0.15) is 0 Å². The molecule has 0 aromatic heterocycles. The first-order chi connectivity index (χ1) is 10.2. The van der Waals surface area contributed by atoms with Gasteiger partial charge < -0.3 is 10.0 Å². The highest BCUT2D eigenvalue weighted by Crippen LogP contribution is 2.19. The minimum absolute atomic E-state index is 0.182. The van der Waals surface area contributed by atoms with Crippen LogP contribution in [0.25, 0.3) is 0 Å². The minimum Gasteiger partial charge on any atom is -0.481 e. The first-order valence-electron chi connectivity index (χ1n) is 8.68. The second-order valence-electron chi connectivity index (χ2n) is 6.19. The van der Waals surface area contributed by atoms with Gasteiger partial charge in [0.05, 0.1) is 0 Å². The summed E-state index contributed by atoms with van der Waals surface area (Å²) in [7, 11) is 0. The van der Waals surface area contributed by atoms with Gasteiger partial charge in [-0.25, -0.2) is 0 Å². The van der Waals surface area contributed by atoms with E-state index in [4.69, 9.17) is 5.11 Å². The predicted octanol–water partition coefficient (Wildman–Crippen LogP) is 3.84. The zero-order valence-corrected chi connectivity index (χ0v) is 13.5. The number of aliphatic carboxylic acids is 1. The second-order valence-corrected chi connectivity index (χ2v) is 6.19. The number of carbonyl (C=O) groups is 2. The van der Waals surface area contributed by atoms with Crippen LogP contribution in [0.1, 0.15) is 77.6 Å². The summed E-state index contributed by atoms with van der Waals surface area (Å²) in [6.45, 7) is 3.59. The molecule has 1 aliphatic heterocycles. The van der Waals surface area contributed by atoms with Gasteiger partial charge in [-0.05, 0) is 12.8 Å². The molecule has 0 spiro atoms. The summed E-state index contributed by atoms with van der Waals surface area (Å²) in [4.78, 5) is 24.4. The van der Waals surface area contributed by atoms with E-state index in [2.05, 4.69) is 6.92 Å². The van der Waals surface area contributed by atoms with E-state index in [0.717, 1.165) is 19.4 Å². The van der Waals surface area contributed by atoms with E-state index in [-0.39, 0.29) is 5.91 Å². The van der Waals surface area contributed by atoms with E-state index >= 15 is 0 Å². The summed E-state index contributed by atoms with van der Waals surface area (Å²) in [5, 5.41) is 8.90. The molecule has 1 atom stereocenters. The average Bonchev–Trinajstić information content (AvgIpc) is 2.82. The molecule has 122 valence electrons. The molecule has 1 saturated heterocycles. The Bertz CT molecular complexity index is 317. The van der Waals surface area contributed by atoms with Crippen LogP contribution >= 0.6 is 0 Å². The van der Waals surface area contributed by atoms with E-state index in [0.29, 0.717) is 13.0 Å². The van der Waals surface area contributed by atoms with Gasteiger partial charge in [-0.3, -0.25) is 9.59 Å². The SMILES string of the molecule is CCCCCCCCCCCCN1CCC(C(=O)O)C1=O. The topological polar surface area (TPSA) is 57.6 Å². The number of likely N-dealkylation sites (tertiary alicyclic amines) is 1. The number of hydrogen-bond acceptors (Lipinski definition) is 2. The van der Waals surface area contributed by atoms with Crippen molar-refractivity contribution in [3.8, 4) is 0 Å². The third-order valence-corrected chi connectivity index (χ3v) is 4.38. The van der Waals surface area contributed by atoms with Gasteiger partial charge in [0.15, 0.2) is 0 Å². The lowest BCUT2D eigenvalue weighted by Crippen LogP contribution is -2.31. The number of unbranched alkanes of at least 4 members (excludes halogenated alkanes) is 9. The Morgan fingerprint density at radius 3 is 2.05 bits per heavy atom. The van der Waals surface area contributed by atoms with Gasteiger partial charge in [-0.1, -0.05) is 64.7 Å². The number of rotatable bonds is 12. The van der Waals surface area contributed by atoms with Gasteiger partial charge >= 0.3 is 5.97 Å². The first-order valence-corrected chi connectivity index (χ1v) is 8.68. The summed E-state index contributed by atoms with van der Waals surface area (Å²) in [5.74, 6) is -1.93. The monoisotopic (exact) mass is 297 g/mol. The second kappa shape index (κ2) is 10.6. The molecule has 1 N–H and O–H groups in total. The van der Waals surface area contributed by atoms with E-state index in [1.165, 1.54) is 51.4 Å². The van der Waals surface area contributed by atoms with Crippen LogP contribution in [0.4, 0.5) is 0 Å². The maximum absolute atomic E-state index is 11.8. The largest absolute Gasteiger partial charge is 0.481 e. The molecule has 4 heteroatoms. The van der Waals surface area contributed by atoms with E-state index in [1.807, 2.05) is 0 Å². The van der Waals surface area contributed by atoms with Crippen molar-refractivity contribution in [1.29, 1.82) is 0 Å². The highest BCUT2D eigenvalue weighted by molar-refractivity contribution is 5.98. The first kappa shape index (κ1) is 18.0. The molecule has 1 heterocycles. The van der Waals surface area contributed by atoms with Crippen LogP contribution in [0, 0.1) is 5.92 Å². The predicted molar refractivity (Wildman–Crippen MR) is 84.2 cm³/mol. The Kier molecular flexibility index (Phi) is 9.11. The maximum atomic E-state index is 11.8. The van der Waals surface area contributed by atoms with Crippen molar-refractivity contribution in [2.45, 2.75) is 77.6 Å². The van der Waals surface area contributed by atoms with Crippen molar-refractivity contribution >= 4 is 11.9 Å². The number of nitrogens with zero attached hydrogens (tertiary/aromatic N) is 1. The Balaban J connectivity index is 1.93. The van der Waals surface area contributed by atoms with Crippen LogP contribution in [-0.2, 0) is 9.59 Å². The van der Waals surface area contributed by atoms with Gasteiger partial charge in [0.1, 0.15) is 5.92 Å². The van der Waals surface area contributed by atoms with Crippen molar-refractivity contribution in [2.24, 2.45) is 5.92 Å².